The molecule has 1 aromatic heterocycles. The summed E-state index contributed by atoms with van der Waals surface area (Å²) in [4.78, 5) is 3.26. The average Bonchev–Trinajstić information content (AvgIpc) is 2.85. The zero-order chi connectivity index (χ0) is 14.7. The molecule has 0 radical (unpaired) electrons. The SMILES string of the molecule is CC(N)C(c1ccc(Cl)s1)N(C)c1ccc(C#N)cc1. The first-order valence-corrected chi connectivity index (χ1v) is 7.46. The maximum atomic E-state index is 8.85. The van der Waals surface area contributed by atoms with Gasteiger partial charge in [-0.3, -0.25) is 0 Å². The summed E-state index contributed by atoms with van der Waals surface area (Å²) in [5.74, 6) is 0. The van der Waals surface area contributed by atoms with Crippen molar-refractivity contribution in [3.05, 3.63) is 51.2 Å². The molecule has 3 nitrogen and oxygen atoms in total. The van der Waals surface area contributed by atoms with Crippen molar-refractivity contribution in [1.29, 1.82) is 5.26 Å². The van der Waals surface area contributed by atoms with Gasteiger partial charge in [0.15, 0.2) is 0 Å². The van der Waals surface area contributed by atoms with Crippen LogP contribution in [0.4, 0.5) is 5.69 Å². The van der Waals surface area contributed by atoms with Gasteiger partial charge in [0.25, 0.3) is 0 Å². The molecule has 1 aromatic carbocycles. The molecule has 104 valence electrons. The van der Waals surface area contributed by atoms with Crippen LogP contribution < -0.4 is 10.6 Å². The van der Waals surface area contributed by atoms with E-state index in [0.717, 1.165) is 14.9 Å². The van der Waals surface area contributed by atoms with Crippen LogP contribution in [0, 0.1) is 11.3 Å². The number of thiophene rings is 1. The molecule has 0 bridgehead atoms. The Morgan fingerprint density at radius 2 is 1.90 bits per heavy atom. The summed E-state index contributed by atoms with van der Waals surface area (Å²) in [6, 6.07) is 13.5. The minimum absolute atomic E-state index is 0.0367. The molecular formula is C15H16ClN3S. The number of halogens is 1. The minimum Gasteiger partial charge on any atom is -0.365 e. The minimum atomic E-state index is -0.0367. The molecule has 0 spiro atoms. The Morgan fingerprint density at radius 1 is 1.25 bits per heavy atom. The van der Waals surface area contributed by atoms with E-state index in [0.29, 0.717) is 5.56 Å². The zero-order valence-corrected chi connectivity index (χ0v) is 12.9. The highest BCUT2D eigenvalue weighted by Crippen LogP contribution is 2.34. The Kier molecular flexibility index (Phi) is 4.66. The van der Waals surface area contributed by atoms with E-state index in [9.17, 15) is 0 Å². The van der Waals surface area contributed by atoms with Gasteiger partial charge in [-0.05, 0) is 43.3 Å². The summed E-state index contributed by atoms with van der Waals surface area (Å²) in [6.07, 6.45) is 0. The largest absolute Gasteiger partial charge is 0.365 e. The van der Waals surface area contributed by atoms with Crippen LogP contribution in [0.3, 0.4) is 0 Å². The Bertz CT molecular complexity index is 613. The van der Waals surface area contributed by atoms with Crippen LogP contribution in [-0.2, 0) is 0 Å². The first-order chi connectivity index (χ1) is 9.52. The lowest BCUT2D eigenvalue weighted by molar-refractivity contribution is 0.566. The molecule has 2 atom stereocenters. The van der Waals surface area contributed by atoms with Gasteiger partial charge in [0.05, 0.1) is 22.0 Å². The number of benzene rings is 1. The van der Waals surface area contributed by atoms with Crippen molar-refractivity contribution in [3.8, 4) is 6.07 Å². The Hall–Kier alpha value is -1.54. The van der Waals surface area contributed by atoms with E-state index in [1.165, 1.54) is 0 Å². The topological polar surface area (TPSA) is 53.0 Å². The Balaban J connectivity index is 2.31. The van der Waals surface area contributed by atoms with Crippen molar-refractivity contribution in [3.63, 3.8) is 0 Å². The van der Waals surface area contributed by atoms with Gasteiger partial charge in [-0.1, -0.05) is 11.6 Å². The fraction of sp³-hybridized carbons (Fsp3) is 0.267. The number of nitrogens with zero attached hydrogens (tertiary/aromatic N) is 2. The van der Waals surface area contributed by atoms with Crippen LogP contribution in [-0.4, -0.2) is 13.1 Å². The molecule has 2 unspecified atom stereocenters. The van der Waals surface area contributed by atoms with Crippen LogP contribution in [0.5, 0.6) is 0 Å². The second kappa shape index (κ2) is 6.27. The molecule has 0 fully saturated rings. The molecule has 0 aliphatic rings. The van der Waals surface area contributed by atoms with E-state index in [1.807, 2.05) is 50.4 Å². The first kappa shape index (κ1) is 14.9. The summed E-state index contributed by atoms with van der Waals surface area (Å²) in [6.45, 7) is 1.98. The van der Waals surface area contributed by atoms with Gasteiger partial charge in [-0.15, -0.1) is 11.3 Å². The van der Waals surface area contributed by atoms with Gasteiger partial charge in [-0.2, -0.15) is 5.26 Å². The quantitative estimate of drug-likeness (QED) is 0.935. The molecule has 0 aliphatic carbocycles. The number of hydrogen-bond acceptors (Lipinski definition) is 4. The van der Waals surface area contributed by atoms with Crippen molar-refractivity contribution in [2.45, 2.75) is 19.0 Å². The Labute approximate surface area is 128 Å². The normalized spacial score (nSPS) is 13.6. The molecule has 2 aromatic rings. The van der Waals surface area contributed by atoms with E-state index in [4.69, 9.17) is 22.6 Å². The Morgan fingerprint density at radius 3 is 2.35 bits per heavy atom. The number of likely N-dealkylation sites (N-methyl/N-ethyl adjacent to an activating group) is 1. The van der Waals surface area contributed by atoms with Gasteiger partial charge in [0.1, 0.15) is 0 Å². The number of anilines is 1. The van der Waals surface area contributed by atoms with Crippen molar-refractivity contribution >= 4 is 28.6 Å². The summed E-state index contributed by atoms with van der Waals surface area (Å²) in [5, 5.41) is 8.85. The van der Waals surface area contributed by atoms with Crippen LogP contribution in [0.1, 0.15) is 23.4 Å². The third-order valence-electron chi connectivity index (χ3n) is 3.20. The highest BCUT2D eigenvalue weighted by molar-refractivity contribution is 7.16. The summed E-state index contributed by atoms with van der Waals surface area (Å²) in [5.41, 5.74) is 7.82. The lowest BCUT2D eigenvalue weighted by Crippen LogP contribution is -2.36. The van der Waals surface area contributed by atoms with Gasteiger partial charge in [0, 0.05) is 23.7 Å². The summed E-state index contributed by atoms with van der Waals surface area (Å²) < 4.78 is 0.763. The number of nitrogens with two attached hydrogens (primary N) is 1. The number of rotatable bonds is 4. The van der Waals surface area contributed by atoms with Crippen molar-refractivity contribution < 1.29 is 0 Å². The van der Waals surface area contributed by atoms with Crippen molar-refractivity contribution in [1.82, 2.24) is 0 Å². The zero-order valence-electron chi connectivity index (χ0n) is 11.4. The molecule has 5 heteroatoms. The third-order valence-corrected chi connectivity index (χ3v) is 4.51. The second-order valence-electron chi connectivity index (χ2n) is 4.72. The predicted molar refractivity (Wildman–Crippen MR) is 85.3 cm³/mol. The van der Waals surface area contributed by atoms with Crippen LogP contribution in [0.15, 0.2) is 36.4 Å². The average molecular weight is 306 g/mol. The molecule has 2 N–H and O–H groups in total. The molecule has 0 saturated carbocycles. The first-order valence-electron chi connectivity index (χ1n) is 6.26. The van der Waals surface area contributed by atoms with Gasteiger partial charge < -0.3 is 10.6 Å². The molecule has 20 heavy (non-hydrogen) atoms. The van der Waals surface area contributed by atoms with E-state index in [-0.39, 0.29) is 12.1 Å². The summed E-state index contributed by atoms with van der Waals surface area (Å²) >= 11 is 7.57. The van der Waals surface area contributed by atoms with Crippen molar-refractivity contribution in [2.24, 2.45) is 5.73 Å². The van der Waals surface area contributed by atoms with Gasteiger partial charge >= 0.3 is 0 Å². The molecule has 0 saturated heterocycles. The van der Waals surface area contributed by atoms with E-state index >= 15 is 0 Å². The van der Waals surface area contributed by atoms with E-state index in [2.05, 4.69) is 11.0 Å². The van der Waals surface area contributed by atoms with Gasteiger partial charge in [0.2, 0.25) is 0 Å². The smallest absolute Gasteiger partial charge is 0.0991 e. The highest BCUT2D eigenvalue weighted by atomic mass is 35.5. The number of hydrogen-bond donors (Lipinski definition) is 1. The maximum absolute atomic E-state index is 8.85. The fourth-order valence-corrected chi connectivity index (χ4v) is 3.54. The van der Waals surface area contributed by atoms with E-state index in [1.54, 1.807) is 11.3 Å². The maximum Gasteiger partial charge on any atom is 0.0991 e. The molecular weight excluding hydrogens is 290 g/mol. The lowest BCUT2D eigenvalue weighted by atomic mass is 10.1. The third kappa shape index (κ3) is 3.13. The van der Waals surface area contributed by atoms with Crippen molar-refractivity contribution in [2.75, 3.05) is 11.9 Å². The molecule has 1 heterocycles. The molecule has 0 amide bonds. The fourth-order valence-electron chi connectivity index (χ4n) is 2.22. The highest BCUT2D eigenvalue weighted by Gasteiger charge is 2.23. The second-order valence-corrected chi connectivity index (χ2v) is 6.46. The predicted octanol–water partition coefficient (Wildman–Crippen LogP) is 3.80. The molecule has 2 rings (SSSR count). The molecule has 0 aliphatic heterocycles. The summed E-state index contributed by atoms with van der Waals surface area (Å²) in [7, 11) is 2.00. The number of nitriles is 1. The standard InChI is InChI=1S/C15H16ClN3S/c1-10(18)15(13-7-8-14(16)20-13)19(2)12-5-3-11(9-17)4-6-12/h3-8,10,15H,18H2,1-2H3. The van der Waals surface area contributed by atoms with Gasteiger partial charge in [-0.25, -0.2) is 0 Å². The lowest BCUT2D eigenvalue weighted by Gasteiger charge is -2.32. The van der Waals surface area contributed by atoms with E-state index < -0.39 is 0 Å². The van der Waals surface area contributed by atoms with Crippen LogP contribution in [0.25, 0.3) is 0 Å². The van der Waals surface area contributed by atoms with Crippen LogP contribution in [0.2, 0.25) is 4.34 Å². The van der Waals surface area contributed by atoms with Crippen LogP contribution >= 0.6 is 22.9 Å². The monoisotopic (exact) mass is 305 g/mol.